The molecule has 1 saturated heterocycles. The van der Waals surface area contributed by atoms with Gasteiger partial charge in [0.05, 0.1) is 17.3 Å². The second-order valence-corrected chi connectivity index (χ2v) is 4.89. The maximum Gasteiger partial charge on any atom is 0.243 e. The Morgan fingerprint density at radius 2 is 2.18 bits per heavy atom. The predicted molar refractivity (Wildman–Crippen MR) is 64.3 cm³/mol. The Morgan fingerprint density at radius 1 is 1.29 bits per heavy atom. The summed E-state index contributed by atoms with van der Waals surface area (Å²) in [5, 5.41) is 3.45. The van der Waals surface area contributed by atoms with E-state index in [1.165, 1.54) is 5.71 Å². The Bertz CT molecular complexity index is 494. The Hall–Kier alpha value is -1.39. The fraction of sp³-hybridized carbons (Fsp3) is 0.462. The molecule has 88 valence electrons. The maximum absolute atomic E-state index is 5.24. The smallest absolute Gasteiger partial charge is 0.243 e. The molecule has 2 heterocycles. The van der Waals surface area contributed by atoms with E-state index in [4.69, 9.17) is 14.8 Å². The van der Waals surface area contributed by atoms with Gasteiger partial charge in [0.2, 0.25) is 5.79 Å². The van der Waals surface area contributed by atoms with Crippen molar-refractivity contribution in [3.8, 4) is 0 Å². The van der Waals surface area contributed by atoms with Gasteiger partial charge < -0.3 is 5.32 Å². The van der Waals surface area contributed by atoms with Crippen molar-refractivity contribution in [2.45, 2.75) is 25.0 Å². The molecule has 0 aromatic heterocycles. The second kappa shape index (κ2) is 3.31. The van der Waals surface area contributed by atoms with Gasteiger partial charge in [-0.3, -0.25) is 4.99 Å². The number of fused-ring (bicyclic) bond motifs is 3. The van der Waals surface area contributed by atoms with Gasteiger partial charge in [-0.05, 0) is 25.0 Å². The predicted octanol–water partition coefficient (Wildman–Crippen LogP) is 2.64. The lowest BCUT2D eigenvalue weighted by molar-refractivity contribution is 0.0850. The van der Waals surface area contributed by atoms with Gasteiger partial charge in [0.15, 0.2) is 0 Å². The monoisotopic (exact) mass is 230 g/mol. The summed E-state index contributed by atoms with van der Waals surface area (Å²) in [5.41, 5.74) is 3.35. The topological polar surface area (TPSA) is 49.5 Å². The summed E-state index contributed by atoms with van der Waals surface area (Å²) < 4.78 is 0. The van der Waals surface area contributed by atoms with Crippen molar-refractivity contribution in [1.29, 1.82) is 0 Å². The molecular formula is C13H14N2O2. The van der Waals surface area contributed by atoms with Crippen LogP contribution in [0.25, 0.3) is 0 Å². The Labute approximate surface area is 99.6 Å². The molecule has 1 aliphatic carbocycles. The van der Waals surface area contributed by atoms with Crippen molar-refractivity contribution >= 4 is 17.1 Å². The van der Waals surface area contributed by atoms with Crippen molar-refractivity contribution in [3.05, 3.63) is 24.3 Å². The number of benzene rings is 1. The van der Waals surface area contributed by atoms with Gasteiger partial charge in [0.25, 0.3) is 0 Å². The van der Waals surface area contributed by atoms with Gasteiger partial charge in [-0.25, -0.2) is 0 Å². The van der Waals surface area contributed by atoms with E-state index >= 15 is 0 Å². The molecular weight excluding hydrogens is 216 g/mol. The third kappa shape index (κ3) is 1.41. The van der Waals surface area contributed by atoms with Crippen LogP contribution in [0.3, 0.4) is 0 Å². The lowest BCUT2D eigenvalue weighted by Gasteiger charge is -2.25. The molecule has 1 unspecified atom stereocenters. The SMILES string of the molecule is c1ccc2c(c1)N=C1CCCC3(OO3)C1CN2. The van der Waals surface area contributed by atoms with Crippen molar-refractivity contribution in [3.63, 3.8) is 0 Å². The largest absolute Gasteiger partial charge is 0.382 e. The number of aliphatic imine (C=N–C) groups is 1. The molecule has 0 amide bonds. The van der Waals surface area contributed by atoms with Gasteiger partial charge >= 0.3 is 0 Å². The maximum atomic E-state index is 5.24. The Balaban J connectivity index is 1.77. The minimum absolute atomic E-state index is 0.253. The molecule has 17 heavy (non-hydrogen) atoms. The lowest BCUT2D eigenvalue weighted by Crippen LogP contribution is -2.39. The van der Waals surface area contributed by atoms with Gasteiger partial charge in [-0.1, -0.05) is 12.1 Å². The van der Waals surface area contributed by atoms with Crippen LogP contribution in [-0.4, -0.2) is 18.0 Å². The van der Waals surface area contributed by atoms with Crippen LogP contribution >= 0.6 is 0 Å². The highest BCUT2D eigenvalue weighted by atomic mass is 17.4. The van der Waals surface area contributed by atoms with Crippen molar-refractivity contribution in [2.24, 2.45) is 10.9 Å². The van der Waals surface area contributed by atoms with Crippen LogP contribution in [0, 0.1) is 5.92 Å². The average molecular weight is 230 g/mol. The Morgan fingerprint density at radius 3 is 3.06 bits per heavy atom. The van der Waals surface area contributed by atoms with E-state index in [1.54, 1.807) is 0 Å². The first-order valence-corrected chi connectivity index (χ1v) is 6.15. The third-order valence-electron chi connectivity index (χ3n) is 3.85. The molecule has 2 fully saturated rings. The zero-order valence-electron chi connectivity index (χ0n) is 9.48. The summed E-state index contributed by atoms with van der Waals surface area (Å²) in [4.78, 5) is 15.3. The minimum atomic E-state index is -0.369. The normalized spacial score (nSPS) is 28.5. The lowest BCUT2D eigenvalue weighted by atomic mass is 9.82. The summed E-state index contributed by atoms with van der Waals surface area (Å²) in [7, 11) is 0. The van der Waals surface area contributed by atoms with E-state index in [0.29, 0.717) is 0 Å². The molecule has 0 bridgehead atoms. The zero-order valence-corrected chi connectivity index (χ0v) is 9.48. The summed E-state index contributed by atoms with van der Waals surface area (Å²) in [6.07, 6.45) is 3.13. The summed E-state index contributed by atoms with van der Waals surface area (Å²) >= 11 is 0. The van der Waals surface area contributed by atoms with Crippen LogP contribution in [0.4, 0.5) is 11.4 Å². The molecule has 1 aromatic rings. The molecule has 1 atom stereocenters. The van der Waals surface area contributed by atoms with E-state index in [1.807, 2.05) is 18.2 Å². The first-order chi connectivity index (χ1) is 8.37. The number of hydrogen-bond donors (Lipinski definition) is 1. The molecule has 4 rings (SSSR count). The zero-order chi connectivity index (χ0) is 11.3. The fourth-order valence-corrected chi connectivity index (χ4v) is 2.87. The van der Waals surface area contributed by atoms with E-state index in [-0.39, 0.29) is 11.7 Å². The Kier molecular flexibility index (Phi) is 1.87. The molecule has 0 radical (unpaired) electrons. The number of para-hydroxylation sites is 2. The van der Waals surface area contributed by atoms with Crippen LogP contribution in [-0.2, 0) is 9.78 Å². The first kappa shape index (κ1) is 9.62. The molecule has 1 N–H and O–H groups in total. The molecule has 3 aliphatic rings. The summed E-state index contributed by atoms with van der Waals surface area (Å²) in [6, 6.07) is 8.17. The molecule has 4 heteroatoms. The number of hydrogen-bond acceptors (Lipinski definition) is 4. The second-order valence-electron chi connectivity index (χ2n) is 4.89. The van der Waals surface area contributed by atoms with Gasteiger partial charge in [0.1, 0.15) is 0 Å². The van der Waals surface area contributed by atoms with Gasteiger partial charge in [-0.2, -0.15) is 9.78 Å². The first-order valence-electron chi connectivity index (χ1n) is 6.15. The third-order valence-corrected chi connectivity index (χ3v) is 3.85. The fourth-order valence-electron chi connectivity index (χ4n) is 2.87. The van der Waals surface area contributed by atoms with Crippen LogP contribution in [0.15, 0.2) is 29.3 Å². The standard InChI is InChI=1S/C13H14N2O2/c1-2-5-12-11(4-1)14-8-9-10(15-12)6-3-7-13(9)16-17-13/h1-2,4-5,9,14H,3,6-8H2. The summed E-state index contributed by atoms with van der Waals surface area (Å²) in [6.45, 7) is 0.843. The highest BCUT2D eigenvalue weighted by molar-refractivity contribution is 5.93. The van der Waals surface area contributed by atoms with E-state index < -0.39 is 0 Å². The average Bonchev–Trinajstić information content (AvgIpc) is 3.12. The summed E-state index contributed by atoms with van der Waals surface area (Å²) in [5.74, 6) is -0.116. The van der Waals surface area contributed by atoms with E-state index in [0.717, 1.165) is 37.2 Å². The molecule has 1 spiro atoms. The number of nitrogens with one attached hydrogen (secondary N) is 1. The number of rotatable bonds is 0. The molecule has 4 nitrogen and oxygen atoms in total. The van der Waals surface area contributed by atoms with Crippen molar-refractivity contribution in [2.75, 3.05) is 11.9 Å². The highest BCUT2D eigenvalue weighted by Crippen LogP contribution is 2.48. The van der Waals surface area contributed by atoms with Crippen LogP contribution in [0.2, 0.25) is 0 Å². The number of nitrogens with zero attached hydrogens (tertiary/aromatic N) is 1. The highest BCUT2D eigenvalue weighted by Gasteiger charge is 2.58. The quantitative estimate of drug-likeness (QED) is 0.550. The molecule has 1 aromatic carbocycles. The van der Waals surface area contributed by atoms with Gasteiger partial charge in [-0.15, -0.1) is 0 Å². The van der Waals surface area contributed by atoms with E-state index in [9.17, 15) is 0 Å². The number of anilines is 1. The van der Waals surface area contributed by atoms with Crippen molar-refractivity contribution in [1.82, 2.24) is 0 Å². The van der Waals surface area contributed by atoms with E-state index in [2.05, 4.69) is 11.4 Å². The van der Waals surface area contributed by atoms with Crippen LogP contribution < -0.4 is 5.32 Å². The van der Waals surface area contributed by atoms with Gasteiger partial charge in [0, 0.05) is 18.7 Å². The van der Waals surface area contributed by atoms with Crippen LogP contribution in [0.1, 0.15) is 19.3 Å². The molecule has 2 aliphatic heterocycles. The van der Waals surface area contributed by atoms with Crippen molar-refractivity contribution < 1.29 is 9.78 Å². The minimum Gasteiger partial charge on any atom is -0.382 e. The van der Waals surface area contributed by atoms with Crippen LogP contribution in [0.5, 0.6) is 0 Å². The molecule has 1 saturated carbocycles.